The van der Waals surface area contributed by atoms with Gasteiger partial charge in [0.1, 0.15) is 11.9 Å². The lowest BCUT2D eigenvalue weighted by atomic mass is 10.2. The Morgan fingerprint density at radius 2 is 1.74 bits per heavy atom. The van der Waals surface area contributed by atoms with Crippen LogP contribution >= 0.6 is 0 Å². The second-order valence-corrected chi connectivity index (χ2v) is 11.0. The quantitative estimate of drug-likeness (QED) is 0.559. The van der Waals surface area contributed by atoms with Crippen molar-refractivity contribution in [3.8, 4) is 0 Å². The molecular formula is C13H25F3O2Si. The monoisotopic (exact) mass is 298 g/mol. The van der Waals surface area contributed by atoms with Gasteiger partial charge in [0.15, 0.2) is 8.32 Å². The van der Waals surface area contributed by atoms with Crippen molar-refractivity contribution in [2.75, 3.05) is 0 Å². The first-order valence-corrected chi connectivity index (χ1v) is 9.37. The highest BCUT2D eigenvalue weighted by Crippen LogP contribution is 2.38. The lowest BCUT2D eigenvalue weighted by molar-refractivity contribution is -0.0835. The van der Waals surface area contributed by atoms with Gasteiger partial charge < -0.3 is 9.53 Å². The maximum Gasteiger partial charge on any atom is 0.413 e. The summed E-state index contributed by atoms with van der Waals surface area (Å²) in [6.45, 7) is 11.8. The van der Waals surface area contributed by atoms with Crippen LogP contribution in [0.2, 0.25) is 18.1 Å². The fourth-order valence-corrected chi connectivity index (χ4v) is 2.63. The van der Waals surface area contributed by atoms with Gasteiger partial charge in [0.25, 0.3) is 0 Å². The lowest BCUT2D eigenvalue weighted by Gasteiger charge is -2.39. The second-order valence-electron chi connectivity index (χ2n) is 6.27. The Labute approximate surface area is 114 Å². The zero-order valence-electron chi connectivity index (χ0n) is 12.6. The van der Waals surface area contributed by atoms with Gasteiger partial charge in [-0.3, -0.25) is 0 Å². The molecule has 0 spiro atoms. The summed E-state index contributed by atoms with van der Waals surface area (Å²) in [6, 6.07) is 0. The highest BCUT2D eigenvalue weighted by atomic mass is 28.4. The van der Waals surface area contributed by atoms with Crippen molar-refractivity contribution in [3.05, 3.63) is 11.8 Å². The van der Waals surface area contributed by atoms with E-state index in [0.29, 0.717) is 12.8 Å². The van der Waals surface area contributed by atoms with E-state index in [1.54, 1.807) is 0 Å². The van der Waals surface area contributed by atoms with Crippen LogP contribution in [0.15, 0.2) is 11.8 Å². The van der Waals surface area contributed by atoms with Crippen LogP contribution < -0.4 is 0 Å². The summed E-state index contributed by atoms with van der Waals surface area (Å²) in [4.78, 5) is 0. The normalized spacial score (nSPS) is 16.6. The van der Waals surface area contributed by atoms with Gasteiger partial charge in [0.2, 0.25) is 0 Å². The summed E-state index contributed by atoms with van der Waals surface area (Å²) in [5.41, 5.74) is 0. The summed E-state index contributed by atoms with van der Waals surface area (Å²) in [5, 5.41) is 9.53. The molecule has 0 saturated carbocycles. The molecule has 2 nitrogen and oxygen atoms in total. The number of hydrogen-bond acceptors (Lipinski definition) is 2. The third-order valence-corrected chi connectivity index (χ3v) is 7.92. The van der Waals surface area contributed by atoms with Crippen LogP contribution in [0, 0.1) is 0 Å². The molecule has 0 heterocycles. The van der Waals surface area contributed by atoms with Crippen LogP contribution in [0.25, 0.3) is 0 Å². The molecule has 0 bridgehead atoms. The predicted molar refractivity (Wildman–Crippen MR) is 73.7 cm³/mol. The van der Waals surface area contributed by atoms with Crippen molar-refractivity contribution in [1.82, 2.24) is 0 Å². The van der Waals surface area contributed by atoms with Crippen LogP contribution in [0.3, 0.4) is 0 Å². The van der Waals surface area contributed by atoms with Gasteiger partial charge in [-0.05, 0) is 24.6 Å². The standard InChI is InChI=1S/C13H25F3O2Si/c1-7-8-11(10(17)9-13(14,15)16)18-19(5,6)12(2,3)4/h9,11,17H,7-8H2,1-6H3/b10-9-/t11-/m1/s1. The van der Waals surface area contributed by atoms with Crippen molar-refractivity contribution in [2.45, 2.75) is 70.9 Å². The van der Waals surface area contributed by atoms with Gasteiger partial charge in [0, 0.05) is 0 Å². The molecule has 0 aliphatic heterocycles. The van der Waals surface area contributed by atoms with Gasteiger partial charge in [-0.1, -0.05) is 34.1 Å². The van der Waals surface area contributed by atoms with Crippen molar-refractivity contribution < 1.29 is 22.7 Å². The van der Waals surface area contributed by atoms with Gasteiger partial charge >= 0.3 is 6.18 Å². The minimum absolute atomic E-state index is 0.0690. The zero-order chi connectivity index (χ0) is 15.5. The molecule has 0 saturated heterocycles. The number of allylic oxidation sites excluding steroid dienone is 1. The molecule has 0 aromatic heterocycles. The maximum absolute atomic E-state index is 12.3. The molecular weight excluding hydrogens is 273 g/mol. The van der Waals surface area contributed by atoms with Crippen molar-refractivity contribution >= 4 is 8.32 Å². The average Bonchev–Trinajstić information content (AvgIpc) is 2.12. The molecule has 19 heavy (non-hydrogen) atoms. The molecule has 0 aliphatic carbocycles. The zero-order valence-corrected chi connectivity index (χ0v) is 13.6. The third-order valence-electron chi connectivity index (χ3n) is 3.44. The molecule has 0 rings (SSSR count). The topological polar surface area (TPSA) is 29.5 Å². The molecule has 0 aliphatic rings. The summed E-state index contributed by atoms with van der Waals surface area (Å²) in [6.07, 6.45) is -4.43. The SMILES string of the molecule is CCC[C@@H](O[Si](C)(C)C(C)(C)C)/C(O)=C/C(F)(F)F. The molecule has 0 aromatic rings. The van der Waals surface area contributed by atoms with E-state index in [-0.39, 0.29) is 11.1 Å². The van der Waals surface area contributed by atoms with E-state index in [2.05, 4.69) is 0 Å². The molecule has 1 N–H and O–H groups in total. The van der Waals surface area contributed by atoms with Crippen LogP contribution in [0.5, 0.6) is 0 Å². The number of halogens is 3. The number of alkyl halides is 3. The first-order valence-electron chi connectivity index (χ1n) is 6.46. The second kappa shape index (κ2) is 6.30. The number of hydrogen-bond donors (Lipinski definition) is 1. The highest BCUT2D eigenvalue weighted by Gasteiger charge is 2.40. The van der Waals surface area contributed by atoms with E-state index in [1.165, 1.54) is 0 Å². The summed E-state index contributed by atoms with van der Waals surface area (Å²) in [7, 11) is -2.21. The fourth-order valence-electron chi connectivity index (χ4n) is 1.32. The van der Waals surface area contributed by atoms with E-state index in [4.69, 9.17) is 4.43 Å². The number of rotatable bonds is 5. The molecule has 0 radical (unpaired) electrons. The summed E-state index contributed by atoms with van der Waals surface area (Å²) in [5.74, 6) is -0.723. The van der Waals surface area contributed by atoms with Crippen molar-refractivity contribution in [1.29, 1.82) is 0 Å². The molecule has 0 amide bonds. The number of aliphatic hydroxyl groups is 1. The molecule has 1 atom stereocenters. The van der Waals surface area contributed by atoms with E-state index < -0.39 is 26.4 Å². The Bertz CT molecular complexity index is 317. The average molecular weight is 298 g/mol. The van der Waals surface area contributed by atoms with Gasteiger partial charge in [-0.25, -0.2) is 0 Å². The molecule has 0 unspecified atom stereocenters. The van der Waals surface area contributed by atoms with Crippen molar-refractivity contribution in [2.24, 2.45) is 0 Å². The highest BCUT2D eigenvalue weighted by molar-refractivity contribution is 6.74. The molecule has 0 fully saturated rings. The van der Waals surface area contributed by atoms with Gasteiger partial charge in [-0.15, -0.1) is 0 Å². The fraction of sp³-hybridized carbons (Fsp3) is 0.846. The maximum atomic E-state index is 12.3. The molecule has 114 valence electrons. The Morgan fingerprint density at radius 3 is 2.05 bits per heavy atom. The number of aliphatic hydroxyl groups excluding tert-OH is 1. The Balaban J connectivity index is 5.10. The first kappa shape index (κ1) is 18.5. The molecule has 0 aromatic carbocycles. The van der Waals surface area contributed by atoms with Gasteiger partial charge in [-0.2, -0.15) is 13.2 Å². The summed E-state index contributed by atoms with van der Waals surface area (Å²) < 4.78 is 42.7. The molecule has 6 heteroatoms. The van der Waals surface area contributed by atoms with E-state index in [1.807, 2.05) is 40.8 Å². The third kappa shape index (κ3) is 6.47. The minimum Gasteiger partial charge on any atom is -0.510 e. The van der Waals surface area contributed by atoms with Crippen molar-refractivity contribution in [3.63, 3.8) is 0 Å². The largest absolute Gasteiger partial charge is 0.510 e. The predicted octanol–water partition coefficient (Wildman–Crippen LogP) is 5.18. The summed E-state index contributed by atoms with van der Waals surface area (Å²) >= 11 is 0. The van der Waals surface area contributed by atoms with E-state index >= 15 is 0 Å². The smallest absolute Gasteiger partial charge is 0.413 e. The Kier molecular flexibility index (Phi) is 6.14. The minimum atomic E-state index is -4.52. The van der Waals surface area contributed by atoms with Crippen LogP contribution in [0.1, 0.15) is 40.5 Å². The first-order chi connectivity index (χ1) is 8.30. The van der Waals surface area contributed by atoms with Crippen LogP contribution in [0.4, 0.5) is 13.2 Å². The van der Waals surface area contributed by atoms with Crippen LogP contribution in [-0.2, 0) is 4.43 Å². The Hall–Kier alpha value is -0.493. The van der Waals surface area contributed by atoms with E-state index in [0.717, 1.165) is 0 Å². The van der Waals surface area contributed by atoms with Gasteiger partial charge in [0.05, 0.1) is 6.08 Å². The lowest BCUT2D eigenvalue weighted by Crippen LogP contribution is -2.44. The Morgan fingerprint density at radius 1 is 1.26 bits per heavy atom. The van der Waals surface area contributed by atoms with Crippen LogP contribution in [-0.4, -0.2) is 25.7 Å². The van der Waals surface area contributed by atoms with E-state index in [9.17, 15) is 18.3 Å².